The lowest BCUT2D eigenvalue weighted by Crippen LogP contribution is -2.49. The van der Waals surface area contributed by atoms with Gasteiger partial charge in [0, 0.05) is 31.2 Å². The van der Waals surface area contributed by atoms with E-state index >= 15 is 0 Å². The van der Waals surface area contributed by atoms with Crippen molar-refractivity contribution in [3.05, 3.63) is 42.1 Å². The molecule has 1 aromatic carbocycles. The molecule has 13 nitrogen and oxygen atoms in total. The molecule has 312 valence electrons. The Morgan fingerprint density at radius 2 is 1.29 bits per heavy atom. The molecule has 0 saturated heterocycles. The number of carboxylic acids is 2. The predicted octanol–water partition coefficient (Wildman–Crippen LogP) is 8.00. The number of unbranched alkanes of at least 4 members (excludes halogenated alkanes) is 4. The van der Waals surface area contributed by atoms with Crippen molar-refractivity contribution >= 4 is 40.9 Å². The zero-order valence-electron chi connectivity index (χ0n) is 32.0. The second kappa shape index (κ2) is 23.2. The minimum Gasteiger partial charge on any atom is -0.475 e. The van der Waals surface area contributed by atoms with E-state index in [1.54, 1.807) is 27.0 Å². The van der Waals surface area contributed by atoms with Gasteiger partial charge in [-0.15, -0.1) is 0 Å². The van der Waals surface area contributed by atoms with Gasteiger partial charge in [0.15, 0.2) is 0 Å². The molecule has 2 aromatic rings. The third-order valence-electron chi connectivity index (χ3n) is 6.76. The highest BCUT2D eigenvalue weighted by Gasteiger charge is 2.39. The molecule has 2 rings (SSSR count). The summed E-state index contributed by atoms with van der Waals surface area (Å²) in [7, 11) is 0. The summed E-state index contributed by atoms with van der Waals surface area (Å²) in [5.74, 6) is -5.66. The average Bonchev–Trinajstić information content (AvgIpc) is 3.03. The van der Waals surface area contributed by atoms with Gasteiger partial charge in [-0.05, 0) is 84.9 Å². The maximum absolute atomic E-state index is 14.0. The average molecular weight is 799 g/mol. The Morgan fingerprint density at radius 1 is 0.764 bits per heavy atom. The van der Waals surface area contributed by atoms with Crippen LogP contribution < -0.4 is 10.6 Å². The van der Waals surface area contributed by atoms with Crippen LogP contribution in [0.5, 0.6) is 0 Å². The molecule has 1 heterocycles. The van der Waals surface area contributed by atoms with E-state index in [1.165, 1.54) is 0 Å². The number of para-hydroxylation sites is 1. The minimum absolute atomic E-state index is 0.145. The molecule has 1 atom stereocenters. The van der Waals surface area contributed by atoms with E-state index in [2.05, 4.69) is 22.5 Å². The van der Waals surface area contributed by atoms with Crippen molar-refractivity contribution in [3.8, 4) is 0 Å². The lowest BCUT2D eigenvalue weighted by molar-refractivity contribution is -0.193. The van der Waals surface area contributed by atoms with Crippen molar-refractivity contribution in [2.45, 2.75) is 130 Å². The first-order valence-corrected chi connectivity index (χ1v) is 17.4. The molecule has 1 unspecified atom stereocenters. The molecule has 1 aromatic heterocycles. The number of alkyl carbamates (subject to hydrolysis) is 2. The van der Waals surface area contributed by atoms with E-state index in [1.807, 2.05) is 56.0 Å². The number of pyridine rings is 1. The summed E-state index contributed by atoms with van der Waals surface area (Å²) in [4.78, 5) is 62.9. The number of ether oxygens (including phenoxy) is 2. The molecule has 0 aliphatic rings. The number of hydrogen-bond acceptors (Lipinski definition) is 8. The summed E-state index contributed by atoms with van der Waals surface area (Å²) < 4.78 is 74.2. The highest BCUT2D eigenvalue weighted by atomic mass is 19.4. The Kier molecular flexibility index (Phi) is 21.1. The molecule has 0 radical (unpaired) electrons. The molecule has 0 bridgehead atoms. The van der Waals surface area contributed by atoms with Crippen LogP contribution in [0.4, 0.5) is 35.9 Å². The minimum atomic E-state index is -5.08. The first kappa shape index (κ1) is 50.2. The number of hydrogen-bond donors (Lipinski definition) is 4. The Labute approximate surface area is 316 Å². The maximum atomic E-state index is 14.0. The van der Waals surface area contributed by atoms with E-state index in [0.29, 0.717) is 38.9 Å². The van der Waals surface area contributed by atoms with Crippen LogP contribution in [0.15, 0.2) is 36.5 Å². The van der Waals surface area contributed by atoms with Crippen LogP contribution in [0.1, 0.15) is 99.0 Å². The van der Waals surface area contributed by atoms with Gasteiger partial charge in [-0.3, -0.25) is 9.78 Å². The van der Waals surface area contributed by atoms with Crippen molar-refractivity contribution in [2.24, 2.45) is 0 Å². The second-order valence-electron chi connectivity index (χ2n) is 14.0. The lowest BCUT2D eigenvalue weighted by Gasteiger charge is -2.29. The van der Waals surface area contributed by atoms with Crippen molar-refractivity contribution in [2.75, 3.05) is 13.1 Å². The smallest absolute Gasteiger partial charge is 0.475 e. The summed E-state index contributed by atoms with van der Waals surface area (Å²) in [5, 5.41) is 20.8. The fourth-order valence-corrected chi connectivity index (χ4v) is 4.40. The van der Waals surface area contributed by atoms with Crippen LogP contribution in [-0.4, -0.2) is 92.8 Å². The number of nitrogens with zero attached hydrogens (tertiary/aromatic N) is 2. The van der Waals surface area contributed by atoms with Gasteiger partial charge < -0.3 is 35.2 Å². The van der Waals surface area contributed by atoms with Crippen LogP contribution in [0.3, 0.4) is 0 Å². The number of nitrogens with one attached hydrogen (secondary N) is 2. The number of carbonyl (C=O) groups is 5. The predicted molar refractivity (Wildman–Crippen MR) is 190 cm³/mol. The molecule has 0 saturated carbocycles. The van der Waals surface area contributed by atoms with Crippen molar-refractivity contribution in [1.29, 1.82) is 0 Å². The van der Waals surface area contributed by atoms with Crippen LogP contribution >= 0.6 is 0 Å². The Hall–Kier alpha value is -4.84. The SMILES string of the molecule is CCCCCCN(Cc1ccnc2ccccc12)C(=O)C(CCCCNC(=O)OC(C)(C)C)NC(=O)OC(C)(C)C.O=C(O)C(F)(F)F.O=C(O)C(F)(F)F. The third-order valence-corrected chi connectivity index (χ3v) is 6.76. The number of carboxylic acid groups (broad SMARTS) is 2. The Balaban J connectivity index is 0.00000175. The first-order valence-electron chi connectivity index (χ1n) is 17.4. The third kappa shape index (κ3) is 23.5. The zero-order chi connectivity index (χ0) is 42.6. The molecule has 19 heteroatoms. The van der Waals surface area contributed by atoms with Crippen molar-refractivity contribution in [3.63, 3.8) is 0 Å². The lowest BCUT2D eigenvalue weighted by atomic mass is 10.1. The number of aliphatic carboxylic acids is 2. The number of alkyl halides is 6. The van der Waals surface area contributed by atoms with E-state index < -0.39 is 53.7 Å². The van der Waals surface area contributed by atoms with Crippen LogP contribution in [0.25, 0.3) is 10.9 Å². The normalized spacial score (nSPS) is 12.2. The molecule has 0 aliphatic heterocycles. The topological polar surface area (TPSA) is 184 Å². The van der Waals surface area contributed by atoms with Crippen LogP contribution in [0.2, 0.25) is 0 Å². The molecule has 3 amide bonds. The second-order valence-corrected chi connectivity index (χ2v) is 14.0. The number of carbonyl (C=O) groups excluding carboxylic acids is 3. The summed E-state index contributed by atoms with van der Waals surface area (Å²) in [6.07, 6.45) is -3.73. The number of halogens is 6. The molecule has 0 spiro atoms. The van der Waals surface area contributed by atoms with Crippen molar-refractivity contribution in [1.82, 2.24) is 20.5 Å². The molecule has 0 aliphatic carbocycles. The molecular weight excluding hydrogens is 746 g/mol. The van der Waals surface area contributed by atoms with E-state index in [4.69, 9.17) is 29.3 Å². The monoisotopic (exact) mass is 798 g/mol. The molecule has 55 heavy (non-hydrogen) atoms. The zero-order valence-corrected chi connectivity index (χ0v) is 32.0. The summed E-state index contributed by atoms with van der Waals surface area (Å²) in [5.41, 5.74) is 0.631. The van der Waals surface area contributed by atoms with Gasteiger partial charge in [-0.25, -0.2) is 19.2 Å². The van der Waals surface area contributed by atoms with E-state index in [-0.39, 0.29) is 5.91 Å². The largest absolute Gasteiger partial charge is 0.490 e. The number of aromatic nitrogens is 1. The van der Waals surface area contributed by atoms with Gasteiger partial charge in [0.05, 0.1) is 5.52 Å². The van der Waals surface area contributed by atoms with Gasteiger partial charge >= 0.3 is 36.5 Å². The van der Waals surface area contributed by atoms with E-state index in [0.717, 1.165) is 42.1 Å². The fraction of sp³-hybridized carbons (Fsp3) is 0.611. The van der Waals surface area contributed by atoms with Gasteiger partial charge in [0.25, 0.3) is 0 Å². The van der Waals surface area contributed by atoms with Crippen LogP contribution in [0, 0.1) is 0 Å². The fourth-order valence-electron chi connectivity index (χ4n) is 4.40. The standard InChI is InChI=1S/C32H50N4O5.2C2HF3O2/c1-8-9-10-15-22-36(23-24-19-21-33-26-17-12-11-16-25(24)26)28(37)27(35-30(39)41-32(5,6)7)18-13-14-20-34-29(38)40-31(2,3)4;2*3-2(4,5)1(6)7/h11-12,16-17,19,21,27H,8-10,13-15,18,20,22-23H2,1-7H3,(H,34,38)(H,35,39);2*(H,6,7). The highest BCUT2D eigenvalue weighted by Crippen LogP contribution is 2.20. The van der Waals surface area contributed by atoms with Gasteiger partial charge in [0.2, 0.25) is 5.91 Å². The maximum Gasteiger partial charge on any atom is 0.490 e. The van der Waals surface area contributed by atoms with Crippen LogP contribution in [-0.2, 0) is 30.4 Å². The summed E-state index contributed by atoms with van der Waals surface area (Å²) in [6.45, 7) is 14.4. The number of benzene rings is 1. The highest BCUT2D eigenvalue weighted by molar-refractivity contribution is 5.87. The number of amides is 3. The Morgan fingerprint density at radius 3 is 1.80 bits per heavy atom. The summed E-state index contributed by atoms with van der Waals surface area (Å²) >= 11 is 0. The molecule has 4 N–H and O–H groups in total. The van der Waals surface area contributed by atoms with Gasteiger partial charge in [-0.1, -0.05) is 44.4 Å². The van der Waals surface area contributed by atoms with Gasteiger partial charge in [0.1, 0.15) is 17.2 Å². The Bertz CT molecular complexity index is 1490. The number of rotatable bonds is 14. The molecular formula is C36H52F6N4O9. The van der Waals surface area contributed by atoms with E-state index in [9.17, 15) is 40.7 Å². The number of fused-ring (bicyclic) bond motifs is 1. The summed E-state index contributed by atoms with van der Waals surface area (Å²) in [6, 6.07) is 9.10. The van der Waals surface area contributed by atoms with Gasteiger partial charge in [-0.2, -0.15) is 26.3 Å². The quantitative estimate of drug-likeness (QED) is 0.108. The van der Waals surface area contributed by atoms with Crippen molar-refractivity contribution < 1.29 is 70.0 Å². The first-order chi connectivity index (χ1) is 25.2. The molecule has 0 fully saturated rings.